The number of pyridine rings is 1. The largest absolute Gasteiger partial charge is 0.443 e. The van der Waals surface area contributed by atoms with Gasteiger partial charge in [0.1, 0.15) is 11.4 Å². The summed E-state index contributed by atoms with van der Waals surface area (Å²) in [7, 11) is 1.57. The first-order valence-electron chi connectivity index (χ1n) is 13.0. The van der Waals surface area contributed by atoms with Crippen LogP contribution >= 0.6 is 0 Å². The van der Waals surface area contributed by atoms with E-state index in [4.69, 9.17) is 14.6 Å². The van der Waals surface area contributed by atoms with Crippen LogP contribution < -0.4 is 0 Å². The monoisotopic (exact) mass is 547 g/mol. The van der Waals surface area contributed by atoms with E-state index >= 15 is 4.39 Å². The zero-order valence-electron chi connectivity index (χ0n) is 22.7. The zero-order chi connectivity index (χ0) is 28.8. The quantitative estimate of drug-likeness (QED) is 0.506. The Labute approximate surface area is 230 Å². The Bertz CT molecular complexity index is 1520. The van der Waals surface area contributed by atoms with Crippen LogP contribution in [0.25, 0.3) is 16.9 Å². The smallest absolute Gasteiger partial charge is 0.417 e. The minimum atomic E-state index is -0.826. The van der Waals surface area contributed by atoms with Gasteiger partial charge in [0.15, 0.2) is 0 Å². The molecule has 0 spiro atoms. The van der Waals surface area contributed by atoms with E-state index in [-0.39, 0.29) is 46.6 Å². The molecule has 0 bridgehead atoms. The van der Waals surface area contributed by atoms with Crippen molar-refractivity contribution in [3.63, 3.8) is 0 Å². The number of fused-ring (bicyclic) bond motifs is 1. The highest BCUT2D eigenvalue weighted by Crippen LogP contribution is 2.36. The SMILES string of the molecule is CO[C@H]1CC(c2ccn(-c3cc(-c4c(F)cccc4C#N)nc4c3C(=O)N(C(=O)OC(C)(C)C)C4)n2)CC[C@H]1O. The number of imide groups is 1. The van der Waals surface area contributed by atoms with Gasteiger partial charge in [0.25, 0.3) is 5.91 Å². The summed E-state index contributed by atoms with van der Waals surface area (Å²) in [6.45, 7) is 4.92. The van der Waals surface area contributed by atoms with Gasteiger partial charge in [0.2, 0.25) is 0 Å². The molecule has 0 radical (unpaired) electrons. The second-order valence-corrected chi connectivity index (χ2v) is 11.0. The summed E-state index contributed by atoms with van der Waals surface area (Å²) >= 11 is 0. The van der Waals surface area contributed by atoms with Gasteiger partial charge in [-0.3, -0.25) is 4.79 Å². The van der Waals surface area contributed by atoms with E-state index in [0.717, 1.165) is 10.6 Å². The van der Waals surface area contributed by atoms with E-state index in [1.807, 2.05) is 12.1 Å². The van der Waals surface area contributed by atoms with Gasteiger partial charge in [-0.2, -0.15) is 10.4 Å². The molecule has 1 aromatic carbocycles. The normalized spacial score (nSPS) is 20.8. The van der Waals surface area contributed by atoms with Crippen molar-refractivity contribution >= 4 is 12.0 Å². The fourth-order valence-corrected chi connectivity index (χ4v) is 5.26. The lowest BCUT2D eigenvalue weighted by Crippen LogP contribution is -2.37. The summed E-state index contributed by atoms with van der Waals surface area (Å²) < 4.78 is 27.4. The predicted molar refractivity (Wildman–Crippen MR) is 141 cm³/mol. The molecule has 1 saturated carbocycles. The van der Waals surface area contributed by atoms with Crippen LogP contribution in [0.3, 0.4) is 0 Å². The molecule has 2 aliphatic rings. The Morgan fingerprint density at radius 1 is 1.23 bits per heavy atom. The van der Waals surface area contributed by atoms with Crippen LogP contribution in [0.5, 0.6) is 0 Å². The summed E-state index contributed by atoms with van der Waals surface area (Å²) in [5, 5.41) is 24.6. The number of aromatic nitrogens is 3. The standard InChI is InChI=1S/C29H30FN5O5/c1-29(2,3)40-28(38)34-15-21-26(27(34)37)22(13-20(32-21)25-17(14-31)6-5-7-18(25)30)35-11-10-19(33-35)16-8-9-23(36)24(12-16)39-4/h5-7,10-11,13,16,23-24,36H,8-9,12,15H2,1-4H3/t16?,23-,24+/m1/s1. The van der Waals surface area contributed by atoms with Crippen LogP contribution in [0.1, 0.15) is 73.3 Å². The minimum Gasteiger partial charge on any atom is -0.443 e. The van der Waals surface area contributed by atoms with Gasteiger partial charge < -0.3 is 14.6 Å². The molecule has 40 heavy (non-hydrogen) atoms. The fraction of sp³-hybridized carbons (Fsp3) is 0.414. The molecule has 1 unspecified atom stereocenters. The highest BCUT2D eigenvalue weighted by atomic mass is 19.1. The summed E-state index contributed by atoms with van der Waals surface area (Å²) in [5.74, 6) is -1.22. The number of aliphatic hydroxyl groups is 1. The van der Waals surface area contributed by atoms with Gasteiger partial charge in [0, 0.05) is 19.2 Å². The molecule has 2 amide bonds. The van der Waals surface area contributed by atoms with E-state index in [9.17, 15) is 20.0 Å². The zero-order valence-corrected chi connectivity index (χ0v) is 22.7. The number of rotatable bonds is 4. The van der Waals surface area contributed by atoms with Crippen molar-refractivity contribution in [3.05, 3.63) is 64.9 Å². The lowest BCUT2D eigenvalue weighted by atomic mass is 9.83. The second kappa shape index (κ2) is 10.4. The van der Waals surface area contributed by atoms with Crippen LogP contribution in [-0.4, -0.2) is 61.7 Å². The molecule has 1 fully saturated rings. The van der Waals surface area contributed by atoms with E-state index in [1.54, 1.807) is 34.1 Å². The van der Waals surface area contributed by atoms with Crippen molar-refractivity contribution in [2.45, 2.75) is 70.3 Å². The van der Waals surface area contributed by atoms with Gasteiger partial charge in [-0.25, -0.2) is 23.8 Å². The Hall–Kier alpha value is -4.14. The third-order valence-corrected chi connectivity index (χ3v) is 7.18. The molecule has 3 atom stereocenters. The van der Waals surface area contributed by atoms with Crippen molar-refractivity contribution in [3.8, 4) is 23.0 Å². The number of nitrogens with zero attached hydrogens (tertiary/aromatic N) is 5. The fourth-order valence-electron chi connectivity index (χ4n) is 5.26. The van der Waals surface area contributed by atoms with E-state index in [2.05, 4.69) is 4.98 Å². The van der Waals surface area contributed by atoms with Crippen molar-refractivity contribution in [2.24, 2.45) is 0 Å². The molecule has 1 N–H and O–H groups in total. The molecule has 10 nitrogen and oxygen atoms in total. The number of ether oxygens (including phenoxy) is 2. The number of aliphatic hydroxyl groups excluding tert-OH is 1. The highest BCUT2D eigenvalue weighted by molar-refractivity contribution is 6.08. The third kappa shape index (κ3) is 5.08. The number of amides is 2. The minimum absolute atomic E-state index is 0.00574. The van der Waals surface area contributed by atoms with Crippen LogP contribution in [-0.2, 0) is 16.0 Å². The Morgan fingerprint density at radius 2 is 2.00 bits per heavy atom. The molecular weight excluding hydrogens is 517 g/mol. The molecule has 208 valence electrons. The maximum atomic E-state index is 15.0. The summed E-state index contributed by atoms with van der Waals surface area (Å²) in [6.07, 6.45) is 1.88. The lowest BCUT2D eigenvalue weighted by Gasteiger charge is -2.31. The molecule has 1 aliphatic heterocycles. The molecule has 2 aromatic heterocycles. The Balaban J connectivity index is 1.61. The average molecular weight is 548 g/mol. The molecule has 3 aromatic rings. The first-order valence-corrected chi connectivity index (χ1v) is 13.0. The van der Waals surface area contributed by atoms with E-state index in [1.165, 1.54) is 28.9 Å². The molecule has 0 saturated heterocycles. The van der Waals surface area contributed by atoms with Gasteiger partial charge in [0.05, 0.1) is 64.3 Å². The maximum absolute atomic E-state index is 15.0. The van der Waals surface area contributed by atoms with Crippen molar-refractivity contribution in [2.75, 3.05) is 7.11 Å². The van der Waals surface area contributed by atoms with Crippen LogP contribution in [0.4, 0.5) is 9.18 Å². The number of carbonyl (C=O) groups is 2. The van der Waals surface area contributed by atoms with Crippen molar-refractivity contribution in [1.29, 1.82) is 5.26 Å². The molecule has 1 aliphatic carbocycles. The third-order valence-electron chi connectivity index (χ3n) is 7.18. The summed E-state index contributed by atoms with van der Waals surface area (Å²) in [5.41, 5.74) is 0.827. The summed E-state index contributed by atoms with van der Waals surface area (Å²) in [4.78, 5) is 31.9. The van der Waals surface area contributed by atoms with Gasteiger partial charge in [-0.1, -0.05) is 6.07 Å². The molecular formula is C29H30FN5O5. The Morgan fingerprint density at radius 3 is 2.70 bits per heavy atom. The summed E-state index contributed by atoms with van der Waals surface area (Å²) in [6, 6.07) is 9.50. The van der Waals surface area contributed by atoms with E-state index < -0.39 is 29.5 Å². The Kier molecular flexibility index (Phi) is 7.16. The molecule has 3 heterocycles. The van der Waals surface area contributed by atoms with E-state index in [0.29, 0.717) is 24.9 Å². The first kappa shape index (κ1) is 27.4. The van der Waals surface area contributed by atoms with Crippen molar-refractivity contribution in [1.82, 2.24) is 19.7 Å². The predicted octanol–water partition coefficient (Wildman–Crippen LogP) is 4.48. The highest BCUT2D eigenvalue weighted by Gasteiger charge is 2.39. The van der Waals surface area contributed by atoms with Crippen LogP contribution in [0.2, 0.25) is 0 Å². The van der Waals surface area contributed by atoms with Crippen LogP contribution in [0, 0.1) is 17.1 Å². The van der Waals surface area contributed by atoms with Crippen molar-refractivity contribution < 1.29 is 28.6 Å². The number of halogens is 1. The lowest BCUT2D eigenvalue weighted by molar-refractivity contribution is -0.0417. The molecule has 5 rings (SSSR count). The number of hydrogen-bond acceptors (Lipinski definition) is 8. The maximum Gasteiger partial charge on any atom is 0.417 e. The second-order valence-electron chi connectivity index (χ2n) is 11.0. The number of carbonyl (C=O) groups excluding carboxylic acids is 2. The number of hydrogen-bond donors (Lipinski definition) is 1. The number of methoxy groups -OCH3 is 1. The average Bonchev–Trinajstić information content (AvgIpc) is 3.52. The van der Waals surface area contributed by atoms with Gasteiger partial charge in [-0.05, 0) is 64.3 Å². The number of benzene rings is 1. The molecule has 11 heteroatoms. The van der Waals surface area contributed by atoms with Crippen LogP contribution in [0.15, 0.2) is 36.5 Å². The topological polar surface area (TPSA) is 131 Å². The van der Waals surface area contributed by atoms with Gasteiger partial charge >= 0.3 is 6.09 Å². The number of nitriles is 1. The van der Waals surface area contributed by atoms with Gasteiger partial charge in [-0.15, -0.1) is 0 Å². The first-order chi connectivity index (χ1) is 19.0.